The molecule has 0 aliphatic carbocycles. The van der Waals surface area contributed by atoms with Crippen LogP contribution >= 0.6 is 11.6 Å². The Balaban J connectivity index is 1.66. The Labute approximate surface area is 140 Å². The van der Waals surface area contributed by atoms with Crippen LogP contribution in [0.2, 0.25) is 5.02 Å². The van der Waals surface area contributed by atoms with E-state index in [1.807, 2.05) is 48.5 Å². The fraction of sp³-hybridized carbons (Fsp3) is 0.222. The van der Waals surface area contributed by atoms with Crippen molar-refractivity contribution in [2.45, 2.75) is 19.4 Å². The minimum Gasteiger partial charge on any atom is -0.355 e. The van der Waals surface area contributed by atoms with E-state index in [4.69, 9.17) is 11.6 Å². The van der Waals surface area contributed by atoms with Crippen molar-refractivity contribution in [1.82, 2.24) is 10.6 Å². The van der Waals surface area contributed by atoms with Gasteiger partial charge in [0.1, 0.15) is 6.42 Å². The summed E-state index contributed by atoms with van der Waals surface area (Å²) in [5.41, 5.74) is 1.97. The summed E-state index contributed by atoms with van der Waals surface area (Å²) in [6, 6.07) is 17.1. The molecule has 0 saturated carbocycles. The van der Waals surface area contributed by atoms with Gasteiger partial charge in [0.2, 0.25) is 11.8 Å². The first-order valence-electron chi connectivity index (χ1n) is 7.46. The maximum Gasteiger partial charge on any atom is 0.229 e. The predicted octanol–water partition coefficient (Wildman–Crippen LogP) is 2.71. The number of halogens is 1. The van der Waals surface area contributed by atoms with Gasteiger partial charge in [-0.25, -0.2) is 0 Å². The Morgan fingerprint density at radius 2 is 1.52 bits per heavy atom. The second kappa shape index (κ2) is 8.96. The quantitative estimate of drug-likeness (QED) is 0.767. The van der Waals surface area contributed by atoms with E-state index in [9.17, 15) is 9.59 Å². The summed E-state index contributed by atoms with van der Waals surface area (Å²) in [6.45, 7) is 0.830. The number of hydrogen-bond acceptors (Lipinski definition) is 2. The fourth-order valence-corrected chi connectivity index (χ4v) is 2.30. The number of nitrogens with one attached hydrogen (secondary N) is 2. The molecular weight excluding hydrogens is 312 g/mol. The third-order valence-electron chi connectivity index (χ3n) is 3.33. The molecule has 0 spiro atoms. The number of carbonyl (C=O) groups is 2. The van der Waals surface area contributed by atoms with Gasteiger partial charge in [0, 0.05) is 18.1 Å². The van der Waals surface area contributed by atoms with Crippen molar-refractivity contribution in [2.75, 3.05) is 6.54 Å². The van der Waals surface area contributed by atoms with Crippen LogP contribution in [0.1, 0.15) is 17.5 Å². The van der Waals surface area contributed by atoms with Gasteiger partial charge in [0.15, 0.2) is 0 Å². The number of amides is 2. The van der Waals surface area contributed by atoms with Crippen LogP contribution in [0.5, 0.6) is 0 Å². The van der Waals surface area contributed by atoms with E-state index in [0.717, 1.165) is 17.5 Å². The van der Waals surface area contributed by atoms with E-state index in [0.29, 0.717) is 18.1 Å². The summed E-state index contributed by atoms with van der Waals surface area (Å²) >= 11 is 6.01. The average molecular weight is 331 g/mol. The highest BCUT2D eigenvalue weighted by atomic mass is 35.5. The molecule has 0 fully saturated rings. The van der Waals surface area contributed by atoms with E-state index >= 15 is 0 Å². The molecule has 2 rings (SSSR count). The van der Waals surface area contributed by atoms with Gasteiger partial charge in [-0.2, -0.15) is 0 Å². The Morgan fingerprint density at radius 1 is 0.870 bits per heavy atom. The zero-order valence-corrected chi connectivity index (χ0v) is 13.5. The maximum absolute atomic E-state index is 11.8. The molecule has 2 aromatic carbocycles. The molecule has 2 amide bonds. The summed E-state index contributed by atoms with van der Waals surface area (Å²) in [7, 11) is 0. The molecule has 0 unspecified atom stereocenters. The van der Waals surface area contributed by atoms with Crippen LogP contribution < -0.4 is 10.6 Å². The van der Waals surface area contributed by atoms with Gasteiger partial charge in [0.25, 0.3) is 0 Å². The molecule has 0 bridgehead atoms. The fourth-order valence-electron chi connectivity index (χ4n) is 2.10. The van der Waals surface area contributed by atoms with Crippen LogP contribution in [0, 0.1) is 0 Å². The minimum absolute atomic E-state index is 0.181. The number of carbonyl (C=O) groups excluding carboxylic acids is 2. The lowest BCUT2D eigenvalue weighted by molar-refractivity contribution is -0.129. The molecule has 0 atom stereocenters. The van der Waals surface area contributed by atoms with Gasteiger partial charge in [-0.3, -0.25) is 9.59 Å². The normalized spacial score (nSPS) is 10.1. The first-order valence-corrected chi connectivity index (χ1v) is 7.83. The number of benzene rings is 2. The number of hydrogen-bond donors (Lipinski definition) is 2. The summed E-state index contributed by atoms with van der Waals surface area (Å²) in [5.74, 6) is -0.597. The van der Waals surface area contributed by atoms with Crippen molar-refractivity contribution in [2.24, 2.45) is 0 Å². The lowest BCUT2D eigenvalue weighted by atomic mass is 10.1. The van der Waals surface area contributed by atoms with Gasteiger partial charge in [-0.15, -0.1) is 0 Å². The minimum atomic E-state index is -0.317. The Hall–Kier alpha value is -2.33. The molecule has 0 saturated heterocycles. The van der Waals surface area contributed by atoms with Crippen LogP contribution in [-0.2, 0) is 22.6 Å². The second-order valence-corrected chi connectivity index (χ2v) is 5.54. The monoisotopic (exact) mass is 330 g/mol. The van der Waals surface area contributed by atoms with E-state index in [1.54, 1.807) is 6.07 Å². The van der Waals surface area contributed by atoms with E-state index < -0.39 is 0 Å². The molecule has 0 aliphatic heterocycles. The zero-order valence-electron chi connectivity index (χ0n) is 12.7. The molecule has 0 aromatic heterocycles. The molecule has 2 aromatic rings. The van der Waals surface area contributed by atoms with E-state index in [1.165, 1.54) is 0 Å². The summed E-state index contributed by atoms with van der Waals surface area (Å²) < 4.78 is 0. The third kappa shape index (κ3) is 6.12. The largest absolute Gasteiger partial charge is 0.355 e. The molecular formula is C18H19ClN2O2. The van der Waals surface area contributed by atoms with Gasteiger partial charge in [-0.1, -0.05) is 60.1 Å². The SMILES string of the molecule is O=C(CC(=O)NCc1ccccc1Cl)NCCc1ccccc1. The Morgan fingerprint density at radius 3 is 2.26 bits per heavy atom. The molecule has 4 nitrogen and oxygen atoms in total. The highest BCUT2D eigenvalue weighted by molar-refractivity contribution is 6.31. The molecule has 23 heavy (non-hydrogen) atoms. The lowest BCUT2D eigenvalue weighted by Crippen LogP contribution is -2.32. The lowest BCUT2D eigenvalue weighted by Gasteiger charge is -2.08. The van der Waals surface area contributed by atoms with Crippen LogP contribution in [0.25, 0.3) is 0 Å². The Bertz CT molecular complexity index is 659. The van der Waals surface area contributed by atoms with Gasteiger partial charge >= 0.3 is 0 Å². The van der Waals surface area contributed by atoms with Crippen molar-refractivity contribution >= 4 is 23.4 Å². The first-order chi connectivity index (χ1) is 11.1. The van der Waals surface area contributed by atoms with Gasteiger partial charge < -0.3 is 10.6 Å². The van der Waals surface area contributed by atoms with E-state index in [-0.39, 0.29) is 18.2 Å². The molecule has 5 heteroatoms. The van der Waals surface area contributed by atoms with Crippen LogP contribution in [-0.4, -0.2) is 18.4 Å². The summed E-state index contributed by atoms with van der Waals surface area (Å²) in [4.78, 5) is 23.5. The molecule has 0 radical (unpaired) electrons. The van der Waals surface area contributed by atoms with Crippen molar-refractivity contribution in [3.05, 3.63) is 70.7 Å². The first kappa shape index (κ1) is 17.0. The smallest absolute Gasteiger partial charge is 0.229 e. The van der Waals surface area contributed by atoms with Crippen LogP contribution in [0.4, 0.5) is 0 Å². The highest BCUT2D eigenvalue weighted by Crippen LogP contribution is 2.14. The highest BCUT2D eigenvalue weighted by Gasteiger charge is 2.09. The van der Waals surface area contributed by atoms with Crippen molar-refractivity contribution in [1.29, 1.82) is 0 Å². The van der Waals surface area contributed by atoms with Crippen LogP contribution in [0.3, 0.4) is 0 Å². The Kier molecular flexibility index (Phi) is 6.63. The topological polar surface area (TPSA) is 58.2 Å². The van der Waals surface area contributed by atoms with Crippen molar-refractivity contribution in [3.8, 4) is 0 Å². The van der Waals surface area contributed by atoms with Crippen molar-refractivity contribution < 1.29 is 9.59 Å². The molecule has 0 heterocycles. The molecule has 2 N–H and O–H groups in total. The van der Waals surface area contributed by atoms with Gasteiger partial charge in [-0.05, 0) is 23.6 Å². The summed E-state index contributed by atoms with van der Waals surface area (Å²) in [5, 5.41) is 6.04. The van der Waals surface area contributed by atoms with Gasteiger partial charge in [0.05, 0.1) is 0 Å². The van der Waals surface area contributed by atoms with Crippen molar-refractivity contribution in [3.63, 3.8) is 0 Å². The second-order valence-electron chi connectivity index (χ2n) is 5.13. The molecule has 120 valence electrons. The number of rotatable bonds is 7. The van der Waals surface area contributed by atoms with Crippen LogP contribution in [0.15, 0.2) is 54.6 Å². The standard InChI is InChI=1S/C18H19ClN2O2/c19-16-9-5-4-8-15(16)13-21-18(23)12-17(22)20-11-10-14-6-2-1-3-7-14/h1-9H,10-13H2,(H,20,22)(H,21,23). The zero-order chi connectivity index (χ0) is 16.5. The third-order valence-corrected chi connectivity index (χ3v) is 3.70. The predicted molar refractivity (Wildman–Crippen MR) is 91.1 cm³/mol. The molecule has 0 aliphatic rings. The maximum atomic E-state index is 11.8. The average Bonchev–Trinajstić information content (AvgIpc) is 2.55. The van der Waals surface area contributed by atoms with E-state index in [2.05, 4.69) is 10.6 Å². The summed E-state index contributed by atoms with van der Waals surface area (Å²) in [6.07, 6.45) is 0.563.